The Labute approximate surface area is 113 Å². The van der Waals surface area contributed by atoms with Crippen LogP contribution in [-0.2, 0) is 4.79 Å². The molecular formula is C12H13NO7. The van der Waals surface area contributed by atoms with Gasteiger partial charge in [-0.25, -0.2) is 9.59 Å². The summed E-state index contributed by atoms with van der Waals surface area (Å²) in [4.78, 5) is 31.9. The van der Waals surface area contributed by atoms with Crippen molar-refractivity contribution in [3.63, 3.8) is 0 Å². The Morgan fingerprint density at radius 3 is 2.50 bits per heavy atom. The topological polar surface area (TPSA) is 127 Å². The minimum Gasteiger partial charge on any atom is -0.479 e. The van der Waals surface area contributed by atoms with Crippen LogP contribution in [-0.4, -0.2) is 33.2 Å². The molecule has 0 amide bonds. The first-order chi connectivity index (χ1) is 9.36. The summed E-state index contributed by atoms with van der Waals surface area (Å²) in [6, 6.07) is 2.98. The molecule has 0 saturated carbocycles. The molecule has 20 heavy (non-hydrogen) atoms. The Morgan fingerprint density at radius 1 is 1.40 bits per heavy atom. The molecule has 1 unspecified atom stereocenters. The largest absolute Gasteiger partial charge is 0.479 e. The molecule has 0 heterocycles. The number of rotatable bonds is 7. The fraction of sp³-hybridized carbons (Fsp3) is 0.333. The Balaban J connectivity index is 3.18. The molecule has 0 spiro atoms. The van der Waals surface area contributed by atoms with Crippen LogP contribution in [0.25, 0.3) is 0 Å². The number of carboxylic acids is 2. The Morgan fingerprint density at radius 2 is 2.05 bits per heavy atom. The van der Waals surface area contributed by atoms with Crippen LogP contribution in [0.5, 0.6) is 5.75 Å². The van der Waals surface area contributed by atoms with Gasteiger partial charge in [0.1, 0.15) is 0 Å². The van der Waals surface area contributed by atoms with Crippen molar-refractivity contribution in [3.8, 4) is 5.75 Å². The van der Waals surface area contributed by atoms with Crippen LogP contribution in [0.15, 0.2) is 18.2 Å². The molecule has 8 heteroatoms. The highest BCUT2D eigenvalue weighted by atomic mass is 16.6. The highest BCUT2D eigenvalue weighted by Gasteiger charge is 2.24. The van der Waals surface area contributed by atoms with Crippen molar-refractivity contribution in [2.24, 2.45) is 0 Å². The van der Waals surface area contributed by atoms with E-state index in [9.17, 15) is 19.7 Å². The van der Waals surface area contributed by atoms with Crippen LogP contribution < -0.4 is 4.74 Å². The minimum absolute atomic E-state index is 0.157. The number of carbonyl (C=O) groups is 2. The third-order valence-corrected chi connectivity index (χ3v) is 2.50. The van der Waals surface area contributed by atoms with Crippen molar-refractivity contribution in [1.29, 1.82) is 0 Å². The molecule has 8 nitrogen and oxygen atoms in total. The molecule has 0 fully saturated rings. The summed E-state index contributed by atoms with van der Waals surface area (Å²) in [5.74, 6) is -2.91. The summed E-state index contributed by atoms with van der Waals surface area (Å²) in [6.45, 7) is 1.74. The average molecular weight is 283 g/mol. The molecule has 1 rings (SSSR count). The number of ether oxygens (including phenoxy) is 1. The third kappa shape index (κ3) is 3.67. The average Bonchev–Trinajstić information content (AvgIpc) is 2.37. The molecule has 0 bridgehead atoms. The van der Waals surface area contributed by atoms with Gasteiger partial charge in [0.2, 0.25) is 0 Å². The molecule has 1 aromatic rings. The van der Waals surface area contributed by atoms with E-state index in [1.54, 1.807) is 6.92 Å². The van der Waals surface area contributed by atoms with E-state index in [1.807, 2.05) is 0 Å². The van der Waals surface area contributed by atoms with E-state index in [4.69, 9.17) is 14.9 Å². The van der Waals surface area contributed by atoms with Crippen molar-refractivity contribution in [3.05, 3.63) is 33.9 Å². The van der Waals surface area contributed by atoms with Gasteiger partial charge in [-0.15, -0.1) is 0 Å². The van der Waals surface area contributed by atoms with Gasteiger partial charge >= 0.3 is 17.6 Å². The monoisotopic (exact) mass is 283 g/mol. The van der Waals surface area contributed by atoms with Gasteiger partial charge in [0, 0.05) is 12.1 Å². The molecular weight excluding hydrogens is 270 g/mol. The molecule has 0 aromatic heterocycles. The summed E-state index contributed by atoms with van der Waals surface area (Å²) in [5.41, 5.74) is -0.691. The van der Waals surface area contributed by atoms with Gasteiger partial charge in [-0.3, -0.25) is 10.1 Å². The summed E-state index contributed by atoms with van der Waals surface area (Å²) in [7, 11) is 0. The maximum Gasteiger partial charge on any atom is 0.344 e. The highest BCUT2D eigenvalue weighted by Crippen LogP contribution is 2.29. The van der Waals surface area contributed by atoms with Crippen molar-refractivity contribution in [2.45, 2.75) is 25.9 Å². The van der Waals surface area contributed by atoms with E-state index >= 15 is 0 Å². The number of aliphatic carboxylic acids is 1. The second-order valence-electron chi connectivity index (χ2n) is 3.98. The number of nitro benzene ring substituents is 1. The predicted molar refractivity (Wildman–Crippen MR) is 67.0 cm³/mol. The van der Waals surface area contributed by atoms with Gasteiger partial charge in [0.25, 0.3) is 0 Å². The SMILES string of the molecule is CCCC(Oc1cc(C(=O)O)ccc1[N+](=O)[O-])C(=O)O. The number of benzene rings is 1. The number of aromatic carboxylic acids is 1. The van der Waals surface area contributed by atoms with Gasteiger partial charge in [-0.05, 0) is 12.5 Å². The van der Waals surface area contributed by atoms with Gasteiger partial charge < -0.3 is 14.9 Å². The summed E-state index contributed by atoms with van der Waals surface area (Å²) in [6.07, 6.45) is -0.601. The van der Waals surface area contributed by atoms with E-state index in [0.717, 1.165) is 18.2 Å². The molecule has 2 N–H and O–H groups in total. The van der Waals surface area contributed by atoms with Crippen molar-refractivity contribution >= 4 is 17.6 Å². The normalized spacial score (nSPS) is 11.7. The number of hydrogen-bond donors (Lipinski definition) is 2. The van der Waals surface area contributed by atoms with E-state index in [-0.39, 0.29) is 17.7 Å². The molecule has 0 radical (unpaired) electrons. The fourth-order valence-electron chi connectivity index (χ4n) is 1.54. The van der Waals surface area contributed by atoms with E-state index in [2.05, 4.69) is 0 Å². The lowest BCUT2D eigenvalue weighted by molar-refractivity contribution is -0.386. The van der Waals surface area contributed by atoms with Crippen LogP contribution in [0.3, 0.4) is 0 Å². The molecule has 0 aliphatic carbocycles. The second kappa shape index (κ2) is 6.50. The zero-order valence-corrected chi connectivity index (χ0v) is 10.6. The standard InChI is InChI=1S/C12H13NO7/c1-2-3-9(12(16)17)20-10-6-7(11(14)15)4-5-8(10)13(18)19/h4-6,9H,2-3H2,1H3,(H,14,15)(H,16,17). The number of carboxylic acid groups (broad SMARTS) is 2. The van der Waals surface area contributed by atoms with E-state index in [0.29, 0.717) is 6.42 Å². The number of nitro groups is 1. The fourth-order valence-corrected chi connectivity index (χ4v) is 1.54. The lowest BCUT2D eigenvalue weighted by Crippen LogP contribution is -2.27. The first-order valence-corrected chi connectivity index (χ1v) is 5.78. The minimum atomic E-state index is -1.29. The predicted octanol–water partition coefficient (Wildman–Crippen LogP) is 1.93. The summed E-state index contributed by atoms with van der Waals surface area (Å²) >= 11 is 0. The van der Waals surface area contributed by atoms with Gasteiger partial charge in [0.05, 0.1) is 10.5 Å². The Hall–Kier alpha value is -2.64. The van der Waals surface area contributed by atoms with Crippen LogP contribution in [0.4, 0.5) is 5.69 Å². The maximum absolute atomic E-state index is 11.0. The van der Waals surface area contributed by atoms with Crippen molar-refractivity contribution in [2.75, 3.05) is 0 Å². The van der Waals surface area contributed by atoms with Crippen LogP contribution in [0, 0.1) is 10.1 Å². The second-order valence-corrected chi connectivity index (χ2v) is 3.98. The van der Waals surface area contributed by atoms with Crippen molar-refractivity contribution < 1.29 is 29.5 Å². The van der Waals surface area contributed by atoms with E-state index in [1.165, 1.54) is 0 Å². The third-order valence-electron chi connectivity index (χ3n) is 2.50. The molecule has 0 aliphatic heterocycles. The summed E-state index contributed by atoms with van der Waals surface area (Å²) < 4.78 is 5.10. The van der Waals surface area contributed by atoms with E-state index < -0.39 is 28.7 Å². The smallest absolute Gasteiger partial charge is 0.344 e. The quantitative estimate of drug-likeness (QED) is 0.578. The maximum atomic E-state index is 11.0. The summed E-state index contributed by atoms with van der Waals surface area (Å²) in [5, 5.41) is 28.6. The van der Waals surface area contributed by atoms with Crippen molar-refractivity contribution in [1.82, 2.24) is 0 Å². The first-order valence-electron chi connectivity index (χ1n) is 5.78. The zero-order chi connectivity index (χ0) is 15.3. The Kier molecular flexibility index (Phi) is 5.01. The molecule has 108 valence electrons. The Bertz CT molecular complexity index is 541. The van der Waals surface area contributed by atoms with Gasteiger partial charge in [0.15, 0.2) is 11.9 Å². The van der Waals surface area contributed by atoms with Crippen LogP contribution in [0.2, 0.25) is 0 Å². The number of hydrogen-bond acceptors (Lipinski definition) is 5. The molecule has 0 aliphatic rings. The van der Waals surface area contributed by atoms with Crippen LogP contribution >= 0.6 is 0 Å². The lowest BCUT2D eigenvalue weighted by Gasteiger charge is -2.14. The first kappa shape index (κ1) is 15.4. The van der Waals surface area contributed by atoms with Crippen LogP contribution in [0.1, 0.15) is 30.1 Å². The molecule has 1 aromatic carbocycles. The zero-order valence-electron chi connectivity index (χ0n) is 10.6. The lowest BCUT2D eigenvalue weighted by atomic mass is 10.1. The molecule has 0 saturated heterocycles. The highest BCUT2D eigenvalue weighted by molar-refractivity contribution is 5.88. The van der Waals surface area contributed by atoms with Gasteiger partial charge in [-0.2, -0.15) is 0 Å². The molecule has 1 atom stereocenters. The van der Waals surface area contributed by atoms with Gasteiger partial charge in [-0.1, -0.05) is 13.3 Å². The number of nitrogens with zero attached hydrogens (tertiary/aromatic N) is 1.